The maximum atomic E-state index is 4.17. The Morgan fingerprint density at radius 3 is 3.13 bits per heavy atom. The van der Waals surface area contributed by atoms with E-state index in [2.05, 4.69) is 35.9 Å². The summed E-state index contributed by atoms with van der Waals surface area (Å²) in [5.41, 5.74) is 0.928. The van der Waals surface area contributed by atoms with E-state index in [1.54, 1.807) is 6.20 Å². The first-order chi connectivity index (χ1) is 7.29. The summed E-state index contributed by atoms with van der Waals surface area (Å²) in [5, 5.41) is 12.5. The molecule has 0 radical (unpaired) electrons. The summed E-state index contributed by atoms with van der Waals surface area (Å²) in [6.07, 6.45) is 3.67. The Bertz CT molecular complexity index is 438. The minimum atomic E-state index is 0.643. The van der Waals surface area contributed by atoms with Crippen molar-refractivity contribution in [2.45, 2.75) is 13.5 Å². The zero-order chi connectivity index (χ0) is 10.7. The zero-order valence-electron chi connectivity index (χ0n) is 8.14. The summed E-state index contributed by atoms with van der Waals surface area (Å²) >= 11 is 4.73. The monoisotopic (exact) mass is 287 g/mol. The molecule has 0 aliphatic heterocycles. The van der Waals surface area contributed by atoms with Crippen molar-refractivity contribution in [3.05, 3.63) is 22.6 Å². The van der Waals surface area contributed by atoms with Gasteiger partial charge in [-0.1, -0.05) is 4.49 Å². The molecule has 0 unspecified atom stereocenters. The number of rotatable bonds is 4. The van der Waals surface area contributed by atoms with E-state index < -0.39 is 0 Å². The molecule has 80 valence electrons. The SMILES string of the molecule is CCNc1snnc1Cn1cc(Br)cn1. The number of nitrogens with zero attached hydrogens (tertiary/aromatic N) is 4. The molecule has 15 heavy (non-hydrogen) atoms. The van der Waals surface area contributed by atoms with Crippen molar-refractivity contribution in [3.8, 4) is 0 Å². The molecule has 0 fully saturated rings. The Labute approximate surface area is 99.8 Å². The van der Waals surface area contributed by atoms with Gasteiger partial charge in [0.1, 0.15) is 10.7 Å². The van der Waals surface area contributed by atoms with Gasteiger partial charge in [0.2, 0.25) is 0 Å². The van der Waals surface area contributed by atoms with Crippen LogP contribution < -0.4 is 5.32 Å². The second kappa shape index (κ2) is 4.71. The molecule has 5 nitrogen and oxygen atoms in total. The predicted molar refractivity (Wildman–Crippen MR) is 63.1 cm³/mol. The number of anilines is 1. The highest BCUT2D eigenvalue weighted by atomic mass is 79.9. The first-order valence-electron chi connectivity index (χ1n) is 4.52. The van der Waals surface area contributed by atoms with Gasteiger partial charge in [-0.3, -0.25) is 4.68 Å². The van der Waals surface area contributed by atoms with Crippen molar-refractivity contribution in [1.82, 2.24) is 19.4 Å². The number of hydrogen-bond donors (Lipinski definition) is 1. The number of aromatic nitrogens is 4. The van der Waals surface area contributed by atoms with Crippen molar-refractivity contribution >= 4 is 32.5 Å². The molecule has 2 aromatic heterocycles. The number of halogens is 1. The molecule has 7 heteroatoms. The van der Waals surface area contributed by atoms with E-state index in [4.69, 9.17) is 0 Å². The second-order valence-electron chi connectivity index (χ2n) is 2.94. The highest BCUT2D eigenvalue weighted by molar-refractivity contribution is 9.10. The van der Waals surface area contributed by atoms with E-state index in [-0.39, 0.29) is 0 Å². The van der Waals surface area contributed by atoms with Gasteiger partial charge in [-0.05, 0) is 22.9 Å². The Morgan fingerprint density at radius 2 is 2.47 bits per heavy atom. The van der Waals surface area contributed by atoms with Gasteiger partial charge in [0.15, 0.2) is 0 Å². The Balaban J connectivity index is 2.13. The molecule has 0 saturated carbocycles. The molecule has 2 rings (SSSR count). The summed E-state index contributed by atoms with van der Waals surface area (Å²) in [6, 6.07) is 0. The van der Waals surface area contributed by atoms with Crippen molar-refractivity contribution in [1.29, 1.82) is 0 Å². The molecule has 0 aliphatic rings. The molecular formula is C8H10BrN5S. The fourth-order valence-corrected chi connectivity index (χ4v) is 2.15. The lowest BCUT2D eigenvalue weighted by Crippen LogP contribution is -2.04. The summed E-state index contributed by atoms with van der Waals surface area (Å²) in [4.78, 5) is 0. The van der Waals surface area contributed by atoms with E-state index in [1.165, 1.54) is 11.5 Å². The Kier molecular flexibility index (Phi) is 3.32. The standard InChI is InChI=1S/C8H10BrN5S/c1-2-10-8-7(12-13-15-8)5-14-4-6(9)3-11-14/h3-4,10H,2,5H2,1H3. The topological polar surface area (TPSA) is 55.6 Å². The van der Waals surface area contributed by atoms with Crippen LogP contribution in [0, 0.1) is 0 Å². The third-order valence-electron chi connectivity index (χ3n) is 1.81. The lowest BCUT2D eigenvalue weighted by atomic mass is 10.4. The second-order valence-corrected chi connectivity index (χ2v) is 4.61. The van der Waals surface area contributed by atoms with Gasteiger partial charge in [0, 0.05) is 24.3 Å². The maximum absolute atomic E-state index is 4.17. The third-order valence-corrected chi connectivity index (χ3v) is 2.94. The first kappa shape index (κ1) is 10.6. The van der Waals surface area contributed by atoms with Gasteiger partial charge in [-0.25, -0.2) is 0 Å². The van der Waals surface area contributed by atoms with Crippen LogP contribution in [-0.4, -0.2) is 25.9 Å². The van der Waals surface area contributed by atoms with Crippen LogP contribution in [0.5, 0.6) is 0 Å². The van der Waals surface area contributed by atoms with E-state index in [9.17, 15) is 0 Å². The molecule has 0 bridgehead atoms. The van der Waals surface area contributed by atoms with Crippen LogP contribution in [0.1, 0.15) is 12.6 Å². The average Bonchev–Trinajstić information content (AvgIpc) is 2.78. The zero-order valence-corrected chi connectivity index (χ0v) is 10.5. The molecule has 0 saturated heterocycles. The molecule has 0 atom stereocenters. The maximum Gasteiger partial charge on any atom is 0.135 e. The summed E-state index contributed by atoms with van der Waals surface area (Å²) in [6.45, 7) is 3.57. The van der Waals surface area contributed by atoms with Crippen molar-refractivity contribution in [2.24, 2.45) is 0 Å². The fourth-order valence-electron chi connectivity index (χ4n) is 1.19. The summed E-state index contributed by atoms with van der Waals surface area (Å²) in [5.74, 6) is 0. The van der Waals surface area contributed by atoms with E-state index in [1.807, 2.05) is 17.8 Å². The largest absolute Gasteiger partial charge is 0.374 e. The number of nitrogens with one attached hydrogen (secondary N) is 1. The van der Waals surface area contributed by atoms with Crippen LogP contribution in [0.4, 0.5) is 5.00 Å². The van der Waals surface area contributed by atoms with Crippen LogP contribution >= 0.6 is 27.5 Å². The van der Waals surface area contributed by atoms with Crippen LogP contribution in [0.15, 0.2) is 16.9 Å². The van der Waals surface area contributed by atoms with Crippen LogP contribution in [0.2, 0.25) is 0 Å². The summed E-state index contributed by atoms with van der Waals surface area (Å²) < 4.78 is 6.71. The minimum Gasteiger partial charge on any atom is -0.374 e. The normalized spacial score (nSPS) is 10.5. The lowest BCUT2D eigenvalue weighted by molar-refractivity contribution is 0.671. The average molecular weight is 288 g/mol. The molecule has 2 heterocycles. The van der Waals surface area contributed by atoms with E-state index >= 15 is 0 Å². The van der Waals surface area contributed by atoms with Gasteiger partial charge in [-0.15, -0.1) is 5.10 Å². The molecule has 0 aliphatic carbocycles. The summed E-state index contributed by atoms with van der Waals surface area (Å²) in [7, 11) is 0. The van der Waals surface area contributed by atoms with Gasteiger partial charge in [0.05, 0.1) is 17.2 Å². The van der Waals surface area contributed by atoms with Crippen LogP contribution in [0.25, 0.3) is 0 Å². The molecule has 0 aromatic carbocycles. The van der Waals surface area contributed by atoms with Gasteiger partial charge in [0.25, 0.3) is 0 Å². The quantitative estimate of drug-likeness (QED) is 0.934. The fraction of sp³-hybridized carbons (Fsp3) is 0.375. The molecular weight excluding hydrogens is 278 g/mol. The molecule has 0 spiro atoms. The first-order valence-corrected chi connectivity index (χ1v) is 6.09. The highest BCUT2D eigenvalue weighted by Crippen LogP contribution is 2.18. The van der Waals surface area contributed by atoms with Crippen molar-refractivity contribution < 1.29 is 0 Å². The van der Waals surface area contributed by atoms with Crippen LogP contribution in [0.3, 0.4) is 0 Å². The molecule has 0 amide bonds. The molecule has 1 N–H and O–H groups in total. The predicted octanol–water partition coefficient (Wildman–Crippen LogP) is 1.98. The number of hydrogen-bond acceptors (Lipinski definition) is 5. The van der Waals surface area contributed by atoms with Crippen LogP contribution in [-0.2, 0) is 6.54 Å². The Morgan fingerprint density at radius 1 is 1.60 bits per heavy atom. The van der Waals surface area contributed by atoms with Crippen molar-refractivity contribution in [2.75, 3.05) is 11.9 Å². The van der Waals surface area contributed by atoms with Crippen molar-refractivity contribution in [3.63, 3.8) is 0 Å². The minimum absolute atomic E-state index is 0.643. The smallest absolute Gasteiger partial charge is 0.135 e. The van der Waals surface area contributed by atoms with Gasteiger partial charge >= 0.3 is 0 Å². The van der Waals surface area contributed by atoms with Gasteiger partial charge < -0.3 is 5.32 Å². The lowest BCUT2D eigenvalue weighted by Gasteiger charge is -2.01. The van der Waals surface area contributed by atoms with Gasteiger partial charge in [-0.2, -0.15) is 5.10 Å². The highest BCUT2D eigenvalue weighted by Gasteiger charge is 2.07. The Hall–Kier alpha value is -0.950. The molecule has 2 aromatic rings. The van der Waals surface area contributed by atoms with E-state index in [0.29, 0.717) is 6.54 Å². The van der Waals surface area contributed by atoms with E-state index in [0.717, 1.165) is 21.7 Å². The third kappa shape index (κ3) is 2.54.